The van der Waals surface area contributed by atoms with Crippen LogP contribution in [0, 0.1) is 5.41 Å². The summed E-state index contributed by atoms with van der Waals surface area (Å²) in [4.78, 5) is 4.69. The topological polar surface area (TPSA) is 21.6 Å². The summed E-state index contributed by atoms with van der Waals surface area (Å²) in [5.41, 5.74) is 0.141. The summed E-state index contributed by atoms with van der Waals surface area (Å²) in [5, 5.41) is 0. The van der Waals surface area contributed by atoms with Gasteiger partial charge in [0.15, 0.2) is 5.90 Å². The zero-order valence-electron chi connectivity index (χ0n) is 8.94. The van der Waals surface area contributed by atoms with Crippen LogP contribution in [0.4, 0.5) is 0 Å². The highest BCUT2D eigenvalue weighted by atomic mass is 127. The van der Waals surface area contributed by atoms with Gasteiger partial charge in [-0.05, 0) is 20.3 Å². The second-order valence-electron chi connectivity index (χ2n) is 4.42. The summed E-state index contributed by atoms with van der Waals surface area (Å²) < 4.78 is 7.91. The molecule has 0 aliphatic carbocycles. The first-order valence-corrected chi connectivity index (χ1v) is 7.90. The molecule has 0 aromatic heterocycles. The third-order valence-electron chi connectivity index (χ3n) is 2.61. The lowest BCUT2D eigenvalue weighted by molar-refractivity contribution is 0.252. The van der Waals surface area contributed by atoms with Gasteiger partial charge in [0.25, 0.3) is 0 Å². The van der Waals surface area contributed by atoms with E-state index in [2.05, 4.69) is 66.0 Å². The van der Waals surface area contributed by atoms with E-state index < -0.39 is 0 Å². The van der Waals surface area contributed by atoms with Crippen molar-refractivity contribution >= 4 is 51.1 Å². The number of rotatable bonds is 4. The molecule has 1 aliphatic heterocycles. The molecule has 0 bridgehead atoms. The Morgan fingerprint density at radius 2 is 2.00 bits per heavy atom. The molecule has 0 atom stereocenters. The minimum absolute atomic E-state index is 0.0205. The Hall–Kier alpha value is 0.930. The fourth-order valence-electron chi connectivity index (χ4n) is 1.35. The quantitative estimate of drug-likeness (QED) is 0.504. The Labute approximate surface area is 114 Å². The van der Waals surface area contributed by atoms with E-state index in [9.17, 15) is 0 Å². The first-order chi connectivity index (χ1) is 6.49. The monoisotopic (exact) mass is 421 g/mol. The van der Waals surface area contributed by atoms with Gasteiger partial charge in [-0.25, -0.2) is 4.99 Å². The zero-order valence-corrected chi connectivity index (χ0v) is 13.3. The molecule has 0 aromatic carbocycles. The average molecular weight is 421 g/mol. The van der Waals surface area contributed by atoms with Gasteiger partial charge >= 0.3 is 0 Å². The fourth-order valence-corrected chi connectivity index (χ4v) is 4.65. The van der Waals surface area contributed by atoms with E-state index in [0.29, 0.717) is 0 Å². The van der Waals surface area contributed by atoms with Crippen LogP contribution in [0.15, 0.2) is 4.99 Å². The summed E-state index contributed by atoms with van der Waals surface area (Å²) in [6.07, 6.45) is 1.10. The lowest BCUT2D eigenvalue weighted by atomic mass is 9.90. The molecule has 1 rings (SSSR count). The summed E-state index contributed by atoms with van der Waals surface area (Å²) in [6.45, 7) is 7.20. The maximum absolute atomic E-state index is 5.75. The third-order valence-corrected chi connectivity index (χ3v) is 5.53. The van der Waals surface area contributed by atoms with Crippen molar-refractivity contribution in [3.05, 3.63) is 0 Å². The molecule has 1 aliphatic rings. The van der Waals surface area contributed by atoms with Crippen molar-refractivity contribution in [2.45, 2.75) is 32.7 Å². The molecule has 0 saturated carbocycles. The Kier molecular flexibility index (Phi) is 4.50. The van der Waals surface area contributed by atoms with Gasteiger partial charge in [-0.3, -0.25) is 0 Å². The lowest BCUT2D eigenvalue weighted by Gasteiger charge is -2.27. The summed E-state index contributed by atoms with van der Waals surface area (Å²) in [6, 6.07) is 0. The Morgan fingerprint density at radius 1 is 1.43 bits per heavy atom. The standard InChI is InChI=1S/C10H17I2NO/c1-4-10(5-11,6-12)8-13-9(2,3)7-14-8/h4-7H2,1-3H3. The van der Waals surface area contributed by atoms with Gasteiger partial charge < -0.3 is 4.74 Å². The van der Waals surface area contributed by atoms with Crippen LogP contribution in [0.1, 0.15) is 27.2 Å². The molecule has 82 valence electrons. The van der Waals surface area contributed by atoms with Gasteiger partial charge in [0.05, 0.1) is 11.0 Å². The van der Waals surface area contributed by atoms with Gasteiger partial charge in [-0.2, -0.15) is 0 Å². The van der Waals surface area contributed by atoms with Crippen molar-refractivity contribution in [2.24, 2.45) is 10.4 Å². The number of alkyl halides is 2. The van der Waals surface area contributed by atoms with Crippen LogP contribution < -0.4 is 0 Å². The van der Waals surface area contributed by atoms with Gasteiger partial charge in [-0.1, -0.05) is 52.1 Å². The maximum Gasteiger partial charge on any atom is 0.191 e. The summed E-state index contributed by atoms with van der Waals surface area (Å²) in [7, 11) is 0. The molecule has 2 nitrogen and oxygen atoms in total. The van der Waals surface area contributed by atoms with Crippen LogP contribution in [-0.2, 0) is 4.74 Å². The lowest BCUT2D eigenvalue weighted by Crippen LogP contribution is -2.34. The largest absolute Gasteiger partial charge is 0.478 e. The van der Waals surface area contributed by atoms with Crippen LogP contribution in [0.3, 0.4) is 0 Å². The van der Waals surface area contributed by atoms with E-state index in [-0.39, 0.29) is 11.0 Å². The highest BCUT2D eigenvalue weighted by Crippen LogP contribution is 2.34. The molecular formula is C10H17I2NO. The molecular weight excluding hydrogens is 404 g/mol. The second-order valence-corrected chi connectivity index (χ2v) is 5.94. The number of hydrogen-bond acceptors (Lipinski definition) is 2. The predicted molar refractivity (Wildman–Crippen MR) is 78.0 cm³/mol. The molecule has 0 unspecified atom stereocenters. The molecule has 1 heterocycles. The minimum atomic E-state index is -0.0205. The van der Waals surface area contributed by atoms with Gasteiger partial charge in [0.2, 0.25) is 0 Å². The molecule has 0 fully saturated rings. The van der Waals surface area contributed by atoms with Crippen LogP contribution in [-0.4, -0.2) is 26.9 Å². The highest BCUT2D eigenvalue weighted by Gasteiger charge is 2.39. The molecule has 0 aromatic rings. The van der Waals surface area contributed by atoms with Crippen molar-refractivity contribution in [2.75, 3.05) is 15.5 Å². The summed E-state index contributed by atoms with van der Waals surface area (Å²) in [5.74, 6) is 0.980. The zero-order chi connectivity index (χ0) is 10.8. The number of hydrogen-bond donors (Lipinski definition) is 0. The van der Waals surface area contributed by atoms with Crippen LogP contribution in [0.5, 0.6) is 0 Å². The van der Waals surface area contributed by atoms with Crippen molar-refractivity contribution < 1.29 is 4.74 Å². The van der Waals surface area contributed by atoms with E-state index in [4.69, 9.17) is 9.73 Å². The van der Waals surface area contributed by atoms with Crippen LogP contribution >= 0.6 is 45.2 Å². The molecule has 4 heteroatoms. The molecule has 0 radical (unpaired) electrons. The number of nitrogens with zero attached hydrogens (tertiary/aromatic N) is 1. The predicted octanol–water partition coefficient (Wildman–Crippen LogP) is 3.46. The van der Waals surface area contributed by atoms with E-state index in [0.717, 1.165) is 27.8 Å². The van der Waals surface area contributed by atoms with E-state index in [1.165, 1.54) is 0 Å². The van der Waals surface area contributed by atoms with Gasteiger partial charge in [-0.15, -0.1) is 0 Å². The molecule has 0 saturated heterocycles. The first-order valence-electron chi connectivity index (χ1n) is 4.85. The highest BCUT2D eigenvalue weighted by molar-refractivity contribution is 14.1. The summed E-state index contributed by atoms with van der Waals surface area (Å²) >= 11 is 4.88. The SMILES string of the molecule is CCC(CI)(CI)C1=NC(C)(C)CO1. The molecule has 0 N–H and O–H groups in total. The van der Waals surface area contributed by atoms with Crippen LogP contribution in [0.2, 0.25) is 0 Å². The number of aliphatic imine (C=N–C) groups is 1. The smallest absolute Gasteiger partial charge is 0.191 e. The average Bonchev–Trinajstić information content (AvgIpc) is 2.51. The van der Waals surface area contributed by atoms with Crippen molar-refractivity contribution in [3.63, 3.8) is 0 Å². The number of halogens is 2. The molecule has 0 amide bonds. The normalized spacial score (nSPS) is 20.5. The van der Waals surface area contributed by atoms with Gasteiger partial charge in [0, 0.05) is 8.86 Å². The van der Waals surface area contributed by atoms with E-state index >= 15 is 0 Å². The Balaban J connectivity index is 2.91. The Bertz CT molecular complexity index is 226. The van der Waals surface area contributed by atoms with Gasteiger partial charge in [0.1, 0.15) is 6.61 Å². The second kappa shape index (κ2) is 4.84. The molecule has 0 spiro atoms. The Morgan fingerprint density at radius 3 is 2.29 bits per heavy atom. The van der Waals surface area contributed by atoms with Crippen molar-refractivity contribution in [1.29, 1.82) is 0 Å². The fraction of sp³-hybridized carbons (Fsp3) is 0.900. The van der Waals surface area contributed by atoms with E-state index in [1.807, 2.05) is 0 Å². The van der Waals surface area contributed by atoms with E-state index in [1.54, 1.807) is 0 Å². The maximum atomic E-state index is 5.75. The first kappa shape index (κ1) is 13.0. The van der Waals surface area contributed by atoms with Crippen molar-refractivity contribution in [3.8, 4) is 0 Å². The number of ether oxygens (including phenoxy) is 1. The van der Waals surface area contributed by atoms with Crippen molar-refractivity contribution in [1.82, 2.24) is 0 Å². The van der Waals surface area contributed by atoms with Crippen LogP contribution in [0.25, 0.3) is 0 Å². The third kappa shape index (κ3) is 2.54. The minimum Gasteiger partial charge on any atom is -0.478 e. The molecule has 14 heavy (non-hydrogen) atoms.